The summed E-state index contributed by atoms with van der Waals surface area (Å²) in [7, 11) is 0. The summed E-state index contributed by atoms with van der Waals surface area (Å²) in [6, 6.07) is 10.0. The monoisotopic (exact) mass is 377 g/mol. The van der Waals surface area contributed by atoms with Gasteiger partial charge in [0.1, 0.15) is 4.83 Å². The maximum Gasteiger partial charge on any atom is 0.262 e. The van der Waals surface area contributed by atoms with Crippen molar-refractivity contribution in [2.45, 2.75) is 25.9 Å². The highest BCUT2D eigenvalue weighted by molar-refractivity contribution is 7.18. The molecule has 0 atom stereocenters. The zero-order valence-corrected chi connectivity index (χ0v) is 15.6. The fraction of sp³-hybridized carbons (Fsp3) is 0.250. The van der Waals surface area contributed by atoms with Gasteiger partial charge in [0.15, 0.2) is 0 Å². The lowest BCUT2D eigenvalue weighted by Gasteiger charge is -2.12. The van der Waals surface area contributed by atoms with Crippen LogP contribution in [0.4, 0.5) is 0 Å². The van der Waals surface area contributed by atoms with E-state index in [0.717, 1.165) is 47.4 Å². The lowest BCUT2D eigenvalue weighted by atomic mass is 10.1. The normalized spacial score (nSPS) is 13.8. The van der Waals surface area contributed by atoms with Gasteiger partial charge in [0, 0.05) is 24.2 Å². The Balaban J connectivity index is 1.40. The van der Waals surface area contributed by atoms with Gasteiger partial charge in [0.05, 0.1) is 23.6 Å². The minimum atomic E-state index is 0.0786. The van der Waals surface area contributed by atoms with Gasteiger partial charge in [-0.05, 0) is 42.6 Å². The zero-order chi connectivity index (χ0) is 18.2. The van der Waals surface area contributed by atoms with E-state index in [1.807, 2.05) is 47.4 Å². The van der Waals surface area contributed by atoms with E-state index in [0.29, 0.717) is 6.54 Å². The highest BCUT2D eigenvalue weighted by atomic mass is 32.1. The largest absolute Gasteiger partial charge is 0.312 e. The van der Waals surface area contributed by atoms with Crippen LogP contribution < -0.4 is 10.9 Å². The molecule has 4 aromatic rings. The third-order valence-corrected chi connectivity index (χ3v) is 6.14. The Kier molecular flexibility index (Phi) is 4.10. The molecule has 0 aliphatic carbocycles. The van der Waals surface area contributed by atoms with Gasteiger partial charge >= 0.3 is 0 Å². The van der Waals surface area contributed by atoms with E-state index < -0.39 is 0 Å². The van der Waals surface area contributed by atoms with E-state index in [1.165, 1.54) is 10.4 Å². The molecule has 0 saturated heterocycles. The molecule has 0 bridgehead atoms. The van der Waals surface area contributed by atoms with E-state index >= 15 is 0 Å². The first-order valence-electron chi connectivity index (χ1n) is 9.09. The van der Waals surface area contributed by atoms with E-state index in [1.54, 1.807) is 22.2 Å². The van der Waals surface area contributed by atoms with Gasteiger partial charge in [0.2, 0.25) is 0 Å². The summed E-state index contributed by atoms with van der Waals surface area (Å²) >= 11 is 1.64. The van der Waals surface area contributed by atoms with Crippen LogP contribution in [0.2, 0.25) is 0 Å². The summed E-state index contributed by atoms with van der Waals surface area (Å²) in [4.78, 5) is 19.7. The molecular weight excluding hydrogens is 358 g/mol. The summed E-state index contributed by atoms with van der Waals surface area (Å²) < 4.78 is 3.60. The molecule has 0 radical (unpaired) electrons. The maximum atomic E-state index is 13.0. The molecular formula is C20H19N5OS. The molecule has 1 aliphatic heterocycles. The number of aryl methyl sites for hydroxylation is 2. The molecule has 4 heterocycles. The molecule has 136 valence electrons. The van der Waals surface area contributed by atoms with Crippen molar-refractivity contribution in [3.8, 4) is 5.69 Å². The van der Waals surface area contributed by atoms with Crippen molar-refractivity contribution in [1.29, 1.82) is 0 Å². The Morgan fingerprint density at radius 3 is 3.00 bits per heavy atom. The van der Waals surface area contributed by atoms with Gasteiger partial charge in [-0.25, -0.2) is 9.67 Å². The van der Waals surface area contributed by atoms with Crippen LogP contribution in [0.5, 0.6) is 0 Å². The fourth-order valence-corrected chi connectivity index (χ4v) is 4.72. The van der Waals surface area contributed by atoms with Crippen molar-refractivity contribution in [3.05, 3.63) is 75.4 Å². The Morgan fingerprint density at radius 2 is 2.11 bits per heavy atom. The SMILES string of the molecule is O=c1c2c3c(sc2ncn1CCc1cnn(-c2ccccc2)c1)CNCC3. The van der Waals surface area contributed by atoms with E-state index in [-0.39, 0.29) is 5.56 Å². The van der Waals surface area contributed by atoms with Gasteiger partial charge < -0.3 is 5.32 Å². The van der Waals surface area contributed by atoms with Crippen LogP contribution in [0.15, 0.2) is 53.8 Å². The quantitative estimate of drug-likeness (QED) is 0.594. The summed E-state index contributed by atoms with van der Waals surface area (Å²) in [6.45, 7) is 2.37. The molecule has 0 spiro atoms. The lowest BCUT2D eigenvalue weighted by Crippen LogP contribution is -2.25. The highest BCUT2D eigenvalue weighted by Gasteiger charge is 2.19. The average Bonchev–Trinajstić information content (AvgIpc) is 3.33. The highest BCUT2D eigenvalue weighted by Crippen LogP contribution is 2.29. The van der Waals surface area contributed by atoms with Gasteiger partial charge in [0.25, 0.3) is 5.56 Å². The number of rotatable bonds is 4. The molecule has 0 unspecified atom stereocenters. The first kappa shape index (κ1) is 16.4. The van der Waals surface area contributed by atoms with Crippen LogP contribution in [0.25, 0.3) is 15.9 Å². The number of hydrogen-bond acceptors (Lipinski definition) is 5. The Hall–Kier alpha value is -2.77. The van der Waals surface area contributed by atoms with Crippen LogP contribution in [0, 0.1) is 0 Å². The number of hydrogen-bond donors (Lipinski definition) is 1. The van der Waals surface area contributed by atoms with Crippen LogP contribution in [0.3, 0.4) is 0 Å². The van der Waals surface area contributed by atoms with Gasteiger partial charge in [-0.3, -0.25) is 9.36 Å². The number of fused-ring (bicyclic) bond motifs is 3. The molecule has 0 amide bonds. The second-order valence-electron chi connectivity index (χ2n) is 6.73. The number of aromatic nitrogens is 4. The third-order valence-electron chi connectivity index (χ3n) is 5.00. The Labute approximate surface area is 160 Å². The number of nitrogens with zero attached hydrogens (tertiary/aromatic N) is 4. The smallest absolute Gasteiger partial charge is 0.262 e. The number of thiophene rings is 1. The molecule has 0 fully saturated rings. The Bertz CT molecular complexity index is 1160. The van der Waals surface area contributed by atoms with Crippen molar-refractivity contribution < 1.29 is 0 Å². The molecule has 7 heteroatoms. The molecule has 5 rings (SSSR count). The first-order chi connectivity index (χ1) is 13.3. The molecule has 1 aliphatic rings. The summed E-state index contributed by atoms with van der Waals surface area (Å²) in [5, 5.41) is 8.61. The summed E-state index contributed by atoms with van der Waals surface area (Å²) in [5.41, 5.74) is 3.40. The average molecular weight is 377 g/mol. The number of para-hydroxylation sites is 1. The topological polar surface area (TPSA) is 64.7 Å². The molecule has 1 aromatic carbocycles. The minimum Gasteiger partial charge on any atom is -0.312 e. The molecule has 3 aromatic heterocycles. The number of nitrogens with one attached hydrogen (secondary N) is 1. The van der Waals surface area contributed by atoms with Crippen LogP contribution in [-0.4, -0.2) is 25.9 Å². The number of benzene rings is 1. The van der Waals surface area contributed by atoms with Gasteiger partial charge in [-0.2, -0.15) is 5.10 Å². The van der Waals surface area contributed by atoms with E-state index in [4.69, 9.17) is 0 Å². The van der Waals surface area contributed by atoms with E-state index in [9.17, 15) is 4.79 Å². The standard InChI is InChI=1S/C20H19N5OS/c26-20-18-16-6-8-21-11-17(16)27-19(18)22-13-24(20)9-7-14-10-23-25(12-14)15-4-2-1-3-5-15/h1-5,10,12-13,21H,6-9,11H2. The first-order valence-corrected chi connectivity index (χ1v) is 9.90. The Morgan fingerprint density at radius 1 is 1.22 bits per heavy atom. The van der Waals surface area contributed by atoms with Gasteiger partial charge in [-0.1, -0.05) is 18.2 Å². The zero-order valence-electron chi connectivity index (χ0n) is 14.8. The third kappa shape index (κ3) is 2.98. The van der Waals surface area contributed by atoms with Crippen molar-refractivity contribution in [1.82, 2.24) is 24.6 Å². The van der Waals surface area contributed by atoms with Crippen LogP contribution >= 0.6 is 11.3 Å². The van der Waals surface area contributed by atoms with Crippen molar-refractivity contribution in [2.75, 3.05) is 6.54 Å². The summed E-state index contributed by atoms with van der Waals surface area (Å²) in [6.07, 6.45) is 7.21. The molecule has 0 saturated carbocycles. The van der Waals surface area contributed by atoms with Crippen molar-refractivity contribution in [2.24, 2.45) is 0 Å². The molecule has 6 nitrogen and oxygen atoms in total. The summed E-state index contributed by atoms with van der Waals surface area (Å²) in [5.74, 6) is 0. The minimum absolute atomic E-state index is 0.0786. The van der Waals surface area contributed by atoms with E-state index in [2.05, 4.69) is 15.4 Å². The molecule has 27 heavy (non-hydrogen) atoms. The molecule has 1 N–H and O–H groups in total. The lowest BCUT2D eigenvalue weighted by molar-refractivity contribution is 0.650. The second-order valence-corrected chi connectivity index (χ2v) is 7.82. The van der Waals surface area contributed by atoms with Crippen molar-refractivity contribution in [3.63, 3.8) is 0 Å². The van der Waals surface area contributed by atoms with Gasteiger partial charge in [-0.15, -0.1) is 11.3 Å². The van der Waals surface area contributed by atoms with Crippen molar-refractivity contribution >= 4 is 21.6 Å². The van der Waals surface area contributed by atoms with Crippen LogP contribution in [-0.2, 0) is 25.9 Å². The second kappa shape index (κ2) is 6.75. The van der Waals surface area contributed by atoms with Crippen LogP contribution in [0.1, 0.15) is 16.0 Å². The maximum absolute atomic E-state index is 13.0. The fourth-order valence-electron chi connectivity index (χ4n) is 3.57. The predicted molar refractivity (Wildman–Crippen MR) is 107 cm³/mol. The predicted octanol–water partition coefficient (Wildman–Crippen LogP) is 2.53.